The van der Waals surface area contributed by atoms with Crippen LogP contribution in [0.2, 0.25) is 0 Å². The van der Waals surface area contributed by atoms with Crippen molar-refractivity contribution in [2.24, 2.45) is 0 Å². The van der Waals surface area contributed by atoms with E-state index in [4.69, 9.17) is 0 Å². The van der Waals surface area contributed by atoms with Crippen LogP contribution < -0.4 is 5.32 Å². The van der Waals surface area contributed by atoms with Crippen LogP contribution in [0.25, 0.3) is 0 Å². The molecular weight excluding hydrogens is 344 g/mol. The van der Waals surface area contributed by atoms with Crippen LogP contribution in [-0.4, -0.2) is 27.8 Å². The molecule has 3 N–H and O–H groups in total. The van der Waals surface area contributed by atoms with E-state index in [9.17, 15) is 19.5 Å². The number of hydrogen-bond acceptors (Lipinski definition) is 3. The van der Waals surface area contributed by atoms with Crippen LogP contribution in [-0.2, 0) is 16.6 Å². The van der Waals surface area contributed by atoms with Gasteiger partial charge >= 0.3 is 5.97 Å². The number of carboxylic acid groups (broad SMARTS) is 1. The van der Waals surface area contributed by atoms with Crippen molar-refractivity contribution in [1.29, 1.82) is 0 Å². The van der Waals surface area contributed by atoms with Gasteiger partial charge < -0.3 is 15.4 Å². The number of carbonyl (C=O) groups is 3. The second-order valence-corrected chi connectivity index (χ2v) is 7.25. The van der Waals surface area contributed by atoms with Crippen LogP contribution in [0.4, 0.5) is 5.69 Å². The van der Waals surface area contributed by atoms with Crippen molar-refractivity contribution in [2.75, 3.05) is 5.32 Å². The number of benzene rings is 1. The van der Waals surface area contributed by atoms with Gasteiger partial charge in [-0.2, -0.15) is 0 Å². The van der Waals surface area contributed by atoms with Crippen LogP contribution in [0.5, 0.6) is 0 Å². The summed E-state index contributed by atoms with van der Waals surface area (Å²) in [4.78, 5) is 39.1. The van der Waals surface area contributed by atoms with Gasteiger partial charge in [-0.15, -0.1) is 0 Å². The predicted octanol–water partition coefficient (Wildman–Crippen LogP) is 4.09. The first-order chi connectivity index (χ1) is 12.6. The number of rotatable bonds is 7. The first kappa shape index (κ1) is 20.4. The minimum absolute atomic E-state index is 0.0634. The Morgan fingerprint density at radius 3 is 2.22 bits per heavy atom. The van der Waals surface area contributed by atoms with Crippen molar-refractivity contribution in [3.8, 4) is 0 Å². The largest absolute Gasteiger partial charge is 0.481 e. The molecule has 0 saturated carbocycles. The van der Waals surface area contributed by atoms with Gasteiger partial charge in [-0.05, 0) is 57.4 Å². The summed E-state index contributed by atoms with van der Waals surface area (Å²) in [6, 6.07) is 6.74. The molecule has 1 aromatic carbocycles. The van der Waals surface area contributed by atoms with E-state index in [0.717, 1.165) is 12.0 Å². The number of Topliss-reactive ketones (excluding diaryl/α,β-unsaturated/α-hetero) is 1. The number of amides is 1. The van der Waals surface area contributed by atoms with Gasteiger partial charge in [0.1, 0.15) is 5.69 Å². The van der Waals surface area contributed by atoms with E-state index >= 15 is 0 Å². The Labute approximate surface area is 159 Å². The summed E-state index contributed by atoms with van der Waals surface area (Å²) < 4.78 is 0. The third-order valence-corrected chi connectivity index (χ3v) is 4.77. The molecule has 0 unspecified atom stereocenters. The first-order valence-corrected chi connectivity index (χ1v) is 8.97. The molecule has 0 radical (unpaired) electrons. The van der Waals surface area contributed by atoms with Gasteiger partial charge in [0.2, 0.25) is 0 Å². The number of anilines is 1. The fourth-order valence-electron chi connectivity index (χ4n) is 3.13. The number of aliphatic carboxylic acids is 1. The third-order valence-electron chi connectivity index (χ3n) is 4.77. The first-order valence-electron chi connectivity index (χ1n) is 8.97. The molecule has 1 aromatic heterocycles. The highest BCUT2D eigenvalue weighted by atomic mass is 16.4. The van der Waals surface area contributed by atoms with Crippen LogP contribution in [0.15, 0.2) is 24.3 Å². The molecule has 144 valence electrons. The highest BCUT2D eigenvalue weighted by Crippen LogP contribution is 2.26. The average Bonchev–Trinajstić information content (AvgIpc) is 2.92. The van der Waals surface area contributed by atoms with Gasteiger partial charge in [0.05, 0.1) is 5.41 Å². The molecule has 0 aliphatic heterocycles. The molecule has 0 fully saturated rings. The van der Waals surface area contributed by atoms with E-state index < -0.39 is 11.4 Å². The minimum Gasteiger partial charge on any atom is -0.481 e. The lowest BCUT2D eigenvalue weighted by atomic mass is 9.85. The van der Waals surface area contributed by atoms with Crippen molar-refractivity contribution in [2.45, 2.75) is 52.9 Å². The van der Waals surface area contributed by atoms with Gasteiger partial charge in [0.25, 0.3) is 5.91 Å². The molecule has 0 saturated heterocycles. The number of hydrogen-bond donors (Lipinski definition) is 3. The van der Waals surface area contributed by atoms with Crippen LogP contribution >= 0.6 is 0 Å². The lowest BCUT2D eigenvalue weighted by molar-refractivity contribution is -0.142. The van der Waals surface area contributed by atoms with Crippen LogP contribution in [0, 0.1) is 6.92 Å². The maximum atomic E-state index is 12.7. The number of ketones is 1. The van der Waals surface area contributed by atoms with Crippen molar-refractivity contribution >= 4 is 23.3 Å². The molecular formula is C21H26N2O4. The summed E-state index contributed by atoms with van der Waals surface area (Å²) in [5.41, 5.74) is 2.61. The fraction of sp³-hybridized carbons (Fsp3) is 0.381. The zero-order chi connectivity index (χ0) is 20.4. The number of aromatic nitrogens is 1. The average molecular weight is 370 g/mol. The van der Waals surface area contributed by atoms with Crippen molar-refractivity contribution < 1.29 is 19.5 Å². The Morgan fingerprint density at radius 2 is 1.74 bits per heavy atom. The minimum atomic E-state index is -1.01. The Kier molecular flexibility index (Phi) is 5.88. The molecule has 0 spiro atoms. The summed E-state index contributed by atoms with van der Waals surface area (Å²) >= 11 is 0. The summed E-state index contributed by atoms with van der Waals surface area (Å²) in [6.07, 6.45) is 1.45. The van der Waals surface area contributed by atoms with Gasteiger partial charge in [-0.1, -0.05) is 25.5 Å². The van der Waals surface area contributed by atoms with Gasteiger partial charge in [-0.25, -0.2) is 0 Å². The number of aromatic amines is 1. The van der Waals surface area contributed by atoms with E-state index in [-0.39, 0.29) is 11.7 Å². The number of carboxylic acids is 1. The highest BCUT2D eigenvalue weighted by Gasteiger charge is 2.29. The van der Waals surface area contributed by atoms with Crippen molar-refractivity contribution in [3.63, 3.8) is 0 Å². The fourth-order valence-corrected chi connectivity index (χ4v) is 3.13. The molecule has 2 aromatic rings. The second-order valence-electron chi connectivity index (χ2n) is 7.25. The molecule has 1 heterocycles. The molecule has 0 bridgehead atoms. The standard InChI is InChI=1S/C21H26N2O4/c1-6-7-16-17(13(3)24)12(2)22-18(16)19(25)23-15-10-8-14(9-11-15)21(4,5)20(26)27/h8-11,22H,6-7H2,1-5H3,(H,23,25)(H,26,27). The second kappa shape index (κ2) is 7.78. The van der Waals surface area contributed by atoms with E-state index in [1.54, 1.807) is 45.0 Å². The zero-order valence-electron chi connectivity index (χ0n) is 16.4. The van der Waals surface area contributed by atoms with Crippen molar-refractivity contribution in [1.82, 2.24) is 4.98 Å². The monoisotopic (exact) mass is 370 g/mol. The summed E-state index contributed by atoms with van der Waals surface area (Å²) in [7, 11) is 0. The number of nitrogens with one attached hydrogen (secondary N) is 2. The van der Waals surface area contributed by atoms with Crippen molar-refractivity contribution in [3.05, 3.63) is 52.3 Å². The van der Waals surface area contributed by atoms with Gasteiger partial charge in [0, 0.05) is 16.9 Å². The third kappa shape index (κ3) is 4.10. The number of carbonyl (C=O) groups excluding carboxylic acids is 2. The normalized spacial score (nSPS) is 11.3. The molecule has 2 rings (SSSR count). The lowest BCUT2D eigenvalue weighted by Crippen LogP contribution is -2.28. The Balaban J connectivity index is 2.29. The van der Waals surface area contributed by atoms with Gasteiger partial charge in [-0.3, -0.25) is 14.4 Å². The van der Waals surface area contributed by atoms with E-state index in [0.29, 0.717) is 34.6 Å². The van der Waals surface area contributed by atoms with Crippen LogP contribution in [0.3, 0.4) is 0 Å². The molecule has 6 heteroatoms. The molecule has 27 heavy (non-hydrogen) atoms. The summed E-state index contributed by atoms with van der Waals surface area (Å²) in [6.45, 7) is 8.54. The van der Waals surface area contributed by atoms with E-state index in [2.05, 4.69) is 10.3 Å². The van der Waals surface area contributed by atoms with Gasteiger partial charge in [0.15, 0.2) is 5.78 Å². The molecule has 0 aliphatic rings. The van der Waals surface area contributed by atoms with E-state index in [1.807, 2.05) is 6.92 Å². The number of aryl methyl sites for hydroxylation is 1. The topological polar surface area (TPSA) is 99.3 Å². The highest BCUT2D eigenvalue weighted by molar-refractivity contribution is 6.07. The summed E-state index contributed by atoms with van der Waals surface area (Å²) in [5.74, 6) is -1.30. The Bertz CT molecular complexity index is 876. The summed E-state index contributed by atoms with van der Waals surface area (Å²) in [5, 5.41) is 12.1. The smallest absolute Gasteiger partial charge is 0.313 e. The molecule has 6 nitrogen and oxygen atoms in total. The van der Waals surface area contributed by atoms with Crippen LogP contribution in [0.1, 0.15) is 71.8 Å². The molecule has 1 amide bonds. The lowest BCUT2D eigenvalue weighted by Gasteiger charge is -2.19. The zero-order valence-corrected chi connectivity index (χ0v) is 16.4. The maximum Gasteiger partial charge on any atom is 0.313 e. The molecule has 0 aliphatic carbocycles. The quantitative estimate of drug-likeness (QED) is 0.639. The predicted molar refractivity (Wildman–Crippen MR) is 105 cm³/mol. The maximum absolute atomic E-state index is 12.7. The van der Waals surface area contributed by atoms with E-state index in [1.165, 1.54) is 6.92 Å². The molecule has 0 atom stereocenters. The Morgan fingerprint density at radius 1 is 1.15 bits per heavy atom. The Hall–Kier alpha value is -2.89. The number of H-pyrrole nitrogens is 1. The SMILES string of the molecule is CCCc1c(C(=O)Nc2ccc(C(C)(C)C(=O)O)cc2)[nH]c(C)c1C(C)=O.